The van der Waals surface area contributed by atoms with Gasteiger partial charge in [0.1, 0.15) is 17.8 Å². The lowest BCUT2D eigenvalue weighted by Crippen LogP contribution is -2.30. The fourth-order valence-electron chi connectivity index (χ4n) is 3.76. The van der Waals surface area contributed by atoms with Crippen LogP contribution < -0.4 is 11.1 Å². The summed E-state index contributed by atoms with van der Waals surface area (Å²) in [6, 6.07) is 5.46. The van der Waals surface area contributed by atoms with E-state index in [1.165, 1.54) is 12.4 Å². The number of hydrogen-bond acceptors (Lipinski definition) is 7. The lowest BCUT2D eigenvalue weighted by molar-refractivity contribution is -0.116. The van der Waals surface area contributed by atoms with Crippen molar-refractivity contribution in [2.24, 2.45) is 0 Å². The molecule has 1 amide bonds. The lowest BCUT2D eigenvalue weighted by Gasteiger charge is -2.20. The molecule has 4 aromatic rings. The van der Waals surface area contributed by atoms with Crippen molar-refractivity contribution in [1.82, 2.24) is 35.0 Å². The maximum Gasteiger partial charge on any atom is 0.243 e. The second-order valence-electron chi connectivity index (χ2n) is 7.82. The van der Waals surface area contributed by atoms with Crippen molar-refractivity contribution in [3.05, 3.63) is 66.4 Å². The molecule has 4 rings (SSSR count). The third-order valence-electron chi connectivity index (χ3n) is 5.54. The van der Waals surface area contributed by atoms with Gasteiger partial charge in [0.25, 0.3) is 0 Å². The first-order valence-electron chi connectivity index (χ1n) is 11.0. The molecule has 35 heavy (non-hydrogen) atoms. The number of carbonyl (C=O) groups is 1. The molecule has 3 aromatic heterocycles. The van der Waals surface area contributed by atoms with Gasteiger partial charge in [0.15, 0.2) is 5.65 Å². The van der Waals surface area contributed by atoms with E-state index in [4.69, 9.17) is 15.6 Å². The molecular formula is C25H26N8O2. The molecule has 4 N–H and O–H groups in total. The number of benzene rings is 1. The van der Waals surface area contributed by atoms with Gasteiger partial charge in [0.2, 0.25) is 5.91 Å². The average molecular weight is 471 g/mol. The Morgan fingerprint density at radius 1 is 1.34 bits per heavy atom. The number of carbonyl (C=O) groups excluding carboxylic acids is 1. The highest BCUT2D eigenvalue weighted by atomic mass is 16.5. The van der Waals surface area contributed by atoms with E-state index in [1.54, 1.807) is 18.1 Å². The van der Waals surface area contributed by atoms with Crippen molar-refractivity contribution in [2.75, 3.05) is 26.0 Å². The molecule has 0 unspecified atom stereocenters. The number of allylic oxidation sites excluding steroid dienone is 1. The molecule has 178 valence electrons. The minimum atomic E-state index is -0.275. The molecule has 0 saturated heterocycles. The van der Waals surface area contributed by atoms with Crippen LogP contribution >= 0.6 is 0 Å². The van der Waals surface area contributed by atoms with Crippen LogP contribution in [0.25, 0.3) is 22.1 Å². The smallest absolute Gasteiger partial charge is 0.243 e. The van der Waals surface area contributed by atoms with E-state index in [9.17, 15) is 4.79 Å². The van der Waals surface area contributed by atoms with Crippen molar-refractivity contribution >= 4 is 33.8 Å². The fourth-order valence-corrected chi connectivity index (χ4v) is 3.76. The predicted octanol–water partition coefficient (Wildman–Crippen LogP) is 2.51. The number of H-pyrrole nitrogens is 1. The summed E-state index contributed by atoms with van der Waals surface area (Å²) in [5.41, 5.74) is 10.8. The summed E-state index contributed by atoms with van der Waals surface area (Å²) in [6.07, 6.45) is 6.84. The van der Waals surface area contributed by atoms with E-state index < -0.39 is 0 Å². The van der Waals surface area contributed by atoms with E-state index in [0.29, 0.717) is 36.3 Å². The zero-order valence-corrected chi connectivity index (χ0v) is 19.6. The number of rotatable bonds is 8. The van der Waals surface area contributed by atoms with Gasteiger partial charge in [-0.25, -0.2) is 19.6 Å². The number of methoxy groups -OCH3 is 1. The van der Waals surface area contributed by atoms with Crippen LogP contribution in [0.5, 0.6) is 0 Å². The molecule has 0 aliphatic carbocycles. The highest BCUT2D eigenvalue weighted by molar-refractivity contribution is 5.91. The highest BCUT2D eigenvalue weighted by Crippen LogP contribution is 2.26. The number of aromatic amines is 1. The molecule has 1 aromatic carbocycles. The predicted molar refractivity (Wildman–Crippen MR) is 134 cm³/mol. The van der Waals surface area contributed by atoms with Gasteiger partial charge in [0.05, 0.1) is 35.4 Å². The lowest BCUT2D eigenvalue weighted by atomic mass is 10.1. The maximum atomic E-state index is 11.9. The van der Waals surface area contributed by atoms with Crippen molar-refractivity contribution in [2.45, 2.75) is 19.4 Å². The molecule has 0 aliphatic heterocycles. The van der Waals surface area contributed by atoms with Crippen LogP contribution in [0.3, 0.4) is 0 Å². The number of nitrogens with two attached hydrogens (primary N) is 1. The quantitative estimate of drug-likeness (QED) is 0.204. The Kier molecular flexibility index (Phi) is 7.18. The van der Waals surface area contributed by atoms with Crippen LogP contribution in [0.1, 0.15) is 30.6 Å². The van der Waals surface area contributed by atoms with Crippen LogP contribution in [-0.4, -0.2) is 55.9 Å². The first-order chi connectivity index (χ1) is 17.0. The molecular weight excluding hydrogens is 444 g/mol. The Morgan fingerprint density at radius 2 is 2.20 bits per heavy atom. The minimum Gasteiger partial charge on any atom is -0.383 e. The Bertz CT molecular complexity index is 1470. The summed E-state index contributed by atoms with van der Waals surface area (Å²) in [4.78, 5) is 27.8. The summed E-state index contributed by atoms with van der Waals surface area (Å²) >= 11 is 0. The number of ether oxygens (including phenoxy) is 1. The number of aromatic nitrogens is 6. The van der Waals surface area contributed by atoms with Crippen molar-refractivity contribution in [3.63, 3.8) is 0 Å². The molecule has 3 heterocycles. The van der Waals surface area contributed by atoms with Crippen LogP contribution in [0.2, 0.25) is 0 Å². The van der Waals surface area contributed by atoms with Crippen LogP contribution in [-0.2, 0) is 9.53 Å². The summed E-state index contributed by atoms with van der Waals surface area (Å²) < 4.78 is 7.07. The van der Waals surface area contributed by atoms with Crippen LogP contribution in [0.4, 0.5) is 5.82 Å². The normalized spacial score (nSPS) is 12.3. The number of fused-ring (bicyclic) bond motifs is 2. The molecule has 0 aliphatic rings. The first-order valence-corrected chi connectivity index (χ1v) is 11.0. The van der Waals surface area contributed by atoms with Crippen molar-refractivity contribution in [3.8, 4) is 11.8 Å². The second kappa shape index (κ2) is 10.6. The summed E-state index contributed by atoms with van der Waals surface area (Å²) in [5.74, 6) is 6.27. The Balaban J connectivity index is 1.77. The zero-order chi connectivity index (χ0) is 24.8. The Hall–Kier alpha value is -4.49. The minimum absolute atomic E-state index is 0.270. The van der Waals surface area contributed by atoms with Gasteiger partial charge in [-0.3, -0.25) is 4.79 Å². The number of imidazole rings is 1. The Labute approximate surface area is 202 Å². The van der Waals surface area contributed by atoms with E-state index in [2.05, 4.69) is 43.7 Å². The summed E-state index contributed by atoms with van der Waals surface area (Å²) in [6.45, 7) is 6.23. The van der Waals surface area contributed by atoms with E-state index in [1.807, 2.05) is 31.2 Å². The third-order valence-corrected chi connectivity index (χ3v) is 5.54. The molecule has 10 nitrogen and oxygen atoms in total. The summed E-state index contributed by atoms with van der Waals surface area (Å²) in [7, 11) is 1.64. The van der Waals surface area contributed by atoms with Gasteiger partial charge < -0.3 is 20.8 Å². The number of hydrogen-bond donors (Lipinski definition) is 3. The molecule has 0 spiro atoms. The Morgan fingerprint density at radius 3 is 2.97 bits per heavy atom. The third kappa shape index (κ3) is 5.20. The van der Waals surface area contributed by atoms with E-state index in [0.717, 1.165) is 22.2 Å². The number of nitrogen functional groups attached to an aromatic ring is 1. The number of anilines is 1. The van der Waals surface area contributed by atoms with E-state index >= 15 is 0 Å². The SMILES string of the molecule is C=CC(=O)NC[C@H](C/C(=C/C)COC)n1nc(C#Cc2ccc3[nH]cnc3c2)c2c(N)ncnc21. The fraction of sp³-hybridized carbons (Fsp3) is 0.240. The van der Waals surface area contributed by atoms with Gasteiger partial charge in [-0.15, -0.1) is 0 Å². The molecule has 0 radical (unpaired) electrons. The molecule has 0 saturated carbocycles. The van der Waals surface area contributed by atoms with Crippen LogP contribution in [0, 0.1) is 11.8 Å². The standard InChI is InChI=1S/C25H26N8O2/c1-4-16(13-35-3)10-18(12-27-22(34)5-2)33-25-23(24(26)30-15-31-25)20(32-33)9-7-17-6-8-19-21(11-17)29-14-28-19/h4-6,8,11,14-15,18H,2,10,12-13H2,1,3H3,(H,27,34)(H,28,29)(H2,26,30,31)/b16-4-/t18-/m0/s1. The van der Waals surface area contributed by atoms with Gasteiger partial charge in [-0.2, -0.15) is 5.10 Å². The zero-order valence-electron chi connectivity index (χ0n) is 19.6. The van der Waals surface area contributed by atoms with Crippen molar-refractivity contribution in [1.29, 1.82) is 0 Å². The number of amides is 1. The molecule has 0 bridgehead atoms. The van der Waals surface area contributed by atoms with Gasteiger partial charge in [-0.05, 0) is 49.1 Å². The van der Waals surface area contributed by atoms with Crippen molar-refractivity contribution < 1.29 is 9.53 Å². The monoisotopic (exact) mass is 470 g/mol. The highest BCUT2D eigenvalue weighted by Gasteiger charge is 2.22. The number of nitrogens with one attached hydrogen (secondary N) is 2. The van der Waals surface area contributed by atoms with Gasteiger partial charge in [0, 0.05) is 19.2 Å². The molecule has 10 heteroatoms. The molecule has 1 atom stereocenters. The van der Waals surface area contributed by atoms with Crippen LogP contribution in [0.15, 0.2) is 55.2 Å². The van der Waals surface area contributed by atoms with Gasteiger partial charge >= 0.3 is 0 Å². The second-order valence-corrected chi connectivity index (χ2v) is 7.82. The maximum absolute atomic E-state index is 11.9. The molecule has 0 fully saturated rings. The average Bonchev–Trinajstić information content (AvgIpc) is 3.49. The first kappa shape index (κ1) is 23.7. The largest absolute Gasteiger partial charge is 0.383 e. The topological polar surface area (TPSA) is 137 Å². The van der Waals surface area contributed by atoms with Gasteiger partial charge in [-0.1, -0.05) is 18.6 Å². The summed E-state index contributed by atoms with van der Waals surface area (Å²) in [5, 5.41) is 8.18. The van der Waals surface area contributed by atoms with E-state index in [-0.39, 0.29) is 17.8 Å². The number of nitrogens with zero attached hydrogens (tertiary/aromatic N) is 5.